The first-order valence-electron chi connectivity index (χ1n) is 11.4. The van der Waals surface area contributed by atoms with Crippen molar-refractivity contribution in [3.8, 4) is 11.5 Å². The zero-order valence-corrected chi connectivity index (χ0v) is 21.1. The van der Waals surface area contributed by atoms with Gasteiger partial charge in [-0.1, -0.05) is 12.1 Å². The Morgan fingerprint density at radius 2 is 1.20 bits per heavy atom. The summed E-state index contributed by atoms with van der Waals surface area (Å²) in [5, 5.41) is 21.6. The number of sulfone groups is 1. The molecule has 0 amide bonds. The number of nitrogens with zero attached hydrogens (tertiary/aromatic N) is 2. The molecule has 12 nitrogen and oxygen atoms in total. The van der Waals surface area contributed by atoms with Crippen LogP contribution < -0.4 is 4.74 Å². The smallest absolute Gasteiger partial charge is 0.339 e. The molecule has 0 aliphatic heterocycles. The summed E-state index contributed by atoms with van der Waals surface area (Å²) in [6.07, 6.45) is 0. The maximum atomic E-state index is 13.1. The van der Waals surface area contributed by atoms with Crippen molar-refractivity contribution in [2.45, 2.75) is 9.79 Å². The second-order valence-corrected chi connectivity index (χ2v) is 10.0. The van der Waals surface area contributed by atoms with Gasteiger partial charge in [0.2, 0.25) is 9.84 Å². The molecule has 13 heteroatoms. The van der Waals surface area contributed by atoms with Crippen molar-refractivity contribution in [1.29, 1.82) is 0 Å². The summed E-state index contributed by atoms with van der Waals surface area (Å²) in [5.74, 6) is -0.910. The van der Waals surface area contributed by atoms with Crippen LogP contribution in [0.1, 0.15) is 20.7 Å². The summed E-state index contributed by atoms with van der Waals surface area (Å²) in [4.78, 5) is 45.1. The van der Waals surface area contributed by atoms with Crippen molar-refractivity contribution in [3.63, 3.8) is 0 Å². The Morgan fingerprint density at radius 3 is 1.75 bits per heavy atom. The molecule has 0 heterocycles. The van der Waals surface area contributed by atoms with Crippen molar-refractivity contribution in [2.75, 3.05) is 6.61 Å². The van der Waals surface area contributed by atoms with E-state index in [2.05, 4.69) is 0 Å². The van der Waals surface area contributed by atoms with Crippen molar-refractivity contribution in [2.24, 2.45) is 0 Å². The summed E-state index contributed by atoms with van der Waals surface area (Å²) in [5.41, 5.74) is -0.498. The second kappa shape index (κ2) is 11.5. The van der Waals surface area contributed by atoms with Gasteiger partial charge in [0, 0.05) is 29.8 Å². The minimum atomic E-state index is -4.24. The number of benzene rings is 4. The van der Waals surface area contributed by atoms with Gasteiger partial charge in [-0.3, -0.25) is 25.0 Å². The van der Waals surface area contributed by atoms with Crippen molar-refractivity contribution >= 4 is 33.0 Å². The number of hydrogen-bond acceptors (Lipinski definition) is 10. The number of hydrogen-bond donors (Lipinski definition) is 0. The SMILES string of the molecule is O=C(COC(=O)c1ccccc1S(=O)(=O)c1ccc([N+](=O)[O-])cc1)c1ccc(Oc2ccc([N+](=O)[O-])cc2)cc1. The predicted octanol–water partition coefficient (Wildman–Crippen LogP) is 5.17. The van der Waals surface area contributed by atoms with Crippen LogP contribution in [-0.4, -0.2) is 36.6 Å². The first kappa shape index (κ1) is 27.6. The van der Waals surface area contributed by atoms with Crippen LogP contribution in [0.15, 0.2) is 107 Å². The molecule has 0 radical (unpaired) electrons. The quantitative estimate of drug-likeness (QED) is 0.109. The number of nitro benzene ring substituents is 2. The molecule has 4 aromatic carbocycles. The van der Waals surface area contributed by atoms with Crippen LogP contribution in [0.3, 0.4) is 0 Å². The maximum Gasteiger partial charge on any atom is 0.339 e. The van der Waals surface area contributed by atoms with Crippen molar-refractivity contribution < 1.29 is 37.3 Å². The Hall–Kier alpha value is -5.43. The third kappa shape index (κ3) is 6.16. The summed E-state index contributed by atoms with van der Waals surface area (Å²) in [6, 6.07) is 20.7. The van der Waals surface area contributed by atoms with E-state index >= 15 is 0 Å². The van der Waals surface area contributed by atoms with Crippen LogP contribution in [0, 0.1) is 20.2 Å². The minimum absolute atomic E-state index is 0.0885. The third-order valence-electron chi connectivity index (χ3n) is 5.55. The lowest BCUT2D eigenvalue weighted by Gasteiger charge is -2.11. The Bertz CT molecular complexity index is 1700. The highest BCUT2D eigenvalue weighted by Crippen LogP contribution is 2.27. The normalized spacial score (nSPS) is 10.9. The highest BCUT2D eigenvalue weighted by Gasteiger charge is 2.26. The second-order valence-electron chi connectivity index (χ2n) is 8.13. The first-order valence-corrected chi connectivity index (χ1v) is 12.9. The first-order chi connectivity index (χ1) is 19.1. The topological polar surface area (TPSA) is 173 Å². The van der Waals surface area contributed by atoms with E-state index in [-0.39, 0.29) is 32.3 Å². The highest BCUT2D eigenvalue weighted by atomic mass is 32.2. The zero-order valence-electron chi connectivity index (χ0n) is 20.3. The van der Waals surface area contributed by atoms with E-state index in [1.54, 1.807) is 0 Å². The number of ketones is 1. The van der Waals surface area contributed by atoms with Crippen LogP contribution in [0.25, 0.3) is 0 Å². The van der Waals surface area contributed by atoms with E-state index in [0.29, 0.717) is 11.5 Å². The Labute approximate surface area is 226 Å². The van der Waals surface area contributed by atoms with Gasteiger partial charge in [0.15, 0.2) is 12.4 Å². The molecular formula is C27H18N2O10S. The monoisotopic (exact) mass is 562 g/mol. The largest absolute Gasteiger partial charge is 0.457 e. The van der Waals surface area contributed by atoms with Gasteiger partial charge in [0.25, 0.3) is 11.4 Å². The molecule has 4 rings (SSSR count). The van der Waals surface area contributed by atoms with Gasteiger partial charge in [0.05, 0.1) is 25.2 Å². The molecule has 0 aliphatic carbocycles. The molecular weight excluding hydrogens is 544 g/mol. The molecule has 40 heavy (non-hydrogen) atoms. The van der Waals surface area contributed by atoms with Gasteiger partial charge in [0.1, 0.15) is 11.5 Å². The molecule has 0 unspecified atom stereocenters. The van der Waals surface area contributed by atoms with E-state index in [1.165, 1.54) is 72.8 Å². The average Bonchev–Trinajstić information content (AvgIpc) is 2.96. The predicted molar refractivity (Wildman–Crippen MR) is 139 cm³/mol. The van der Waals surface area contributed by atoms with Crippen molar-refractivity contribution in [3.05, 3.63) is 128 Å². The molecule has 0 atom stereocenters. The summed E-state index contributed by atoms with van der Waals surface area (Å²) in [6.45, 7) is -0.673. The fraction of sp³-hybridized carbons (Fsp3) is 0.0370. The van der Waals surface area contributed by atoms with Crippen LogP contribution in [0.2, 0.25) is 0 Å². The molecule has 0 fully saturated rings. The van der Waals surface area contributed by atoms with Gasteiger partial charge in [-0.25, -0.2) is 13.2 Å². The lowest BCUT2D eigenvalue weighted by atomic mass is 10.1. The van der Waals surface area contributed by atoms with Gasteiger partial charge < -0.3 is 9.47 Å². The van der Waals surface area contributed by atoms with Crippen LogP contribution in [0.4, 0.5) is 11.4 Å². The fourth-order valence-corrected chi connectivity index (χ4v) is 4.96. The number of carbonyl (C=O) groups is 2. The number of rotatable bonds is 10. The molecule has 0 saturated heterocycles. The number of nitro groups is 2. The zero-order chi connectivity index (χ0) is 28.9. The molecule has 0 spiro atoms. The summed E-state index contributed by atoms with van der Waals surface area (Å²) in [7, 11) is -4.24. The molecule has 0 N–H and O–H groups in total. The van der Waals surface area contributed by atoms with Gasteiger partial charge in [-0.05, 0) is 60.7 Å². The Balaban J connectivity index is 1.42. The van der Waals surface area contributed by atoms with E-state index in [1.807, 2.05) is 0 Å². The lowest BCUT2D eigenvalue weighted by molar-refractivity contribution is -0.385. The van der Waals surface area contributed by atoms with E-state index in [9.17, 15) is 38.2 Å². The maximum absolute atomic E-state index is 13.1. The van der Waals surface area contributed by atoms with Gasteiger partial charge >= 0.3 is 5.97 Å². The minimum Gasteiger partial charge on any atom is -0.457 e. The summed E-state index contributed by atoms with van der Waals surface area (Å²) < 4.78 is 36.9. The van der Waals surface area contributed by atoms with E-state index in [0.717, 1.165) is 24.3 Å². The van der Waals surface area contributed by atoms with Crippen LogP contribution >= 0.6 is 0 Å². The standard InChI is InChI=1S/C27H18N2O10S/c30-25(18-5-11-21(12-6-18)39-22-13-7-19(8-14-22)28(32)33)17-38-27(31)24-3-1-2-4-26(24)40(36,37)23-15-9-20(10-16-23)29(34)35/h1-16H,17H2. The number of non-ortho nitro benzene ring substituents is 2. The molecule has 0 bridgehead atoms. The van der Waals surface area contributed by atoms with Crippen LogP contribution in [-0.2, 0) is 14.6 Å². The van der Waals surface area contributed by atoms with Gasteiger partial charge in [-0.15, -0.1) is 0 Å². The Kier molecular flexibility index (Phi) is 7.96. The molecule has 4 aromatic rings. The average molecular weight is 563 g/mol. The summed E-state index contributed by atoms with van der Waals surface area (Å²) >= 11 is 0. The van der Waals surface area contributed by atoms with Gasteiger partial charge in [-0.2, -0.15) is 0 Å². The highest BCUT2D eigenvalue weighted by molar-refractivity contribution is 7.91. The molecule has 0 aliphatic rings. The number of Topliss-reactive ketones (excluding diaryl/α,β-unsaturated/α-hetero) is 1. The van der Waals surface area contributed by atoms with E-state index in [4.69, 9.17) is 9.47 Å². The van der Waals surface area contributed by atoms with Crippen LogP contribution in [0.5, 0.6) is 11.5 Å². The fourth-order valence-electron chi connectivity index (χ4n) is 3.52. The number of ether oxygens (including phenoxy) is 2. The number of esters is 1. The lowest BCUT2D eigenvalue weighted by Crippen LogP contribution is -2.17. The third-order valence-corrected chi connectivity index (χ3v) is 7.38. The van der Waals surface area contributed by atoms with Crippen molar-refractivity contribution in [1.82, 2.24) is 0 Å². The molecule has 0 aromatic heterocycles. The Morgan fingerprint density at radius 1 is 0.700 bits per heavy atom. The molecule has 0 saturated carbocycles. The number of carbonyl (C=O) groups excluding carboxylic acids is 2. The molecule has 202 valence electrons. The van der Waals surface area contributed by atoms with E-state index < -0.39 is 38.0 Å².